The molecule has 7 nitrogen and oxygen atoms in total. The van der Waals surface area contributed by atoms with E-state index in [-0.39, 0.29) is 10.6 Å². The molecular formula is C12H17N3O4S. The second-order valence-corrected chi connectivity index (χ2v) is 6.95. The van der Waals surface area contributed by atoms with Crippen LogP contribution < -0.4 is 10.0 Å². The summed E-state index contributed by atoms with van der Waals surface area (Å²) in [6.07, 6.45) is 0.681. The Morgan fingerprint density at radius 2 is 2.15 bits per heavy atom. The lowest BCUT2D eigenvalue weighted by Gasteiger charge is -2.24. The summed E-state index contributed by atoms with van der Waals surface area (Å²) in [5.41, 5.74) is -0.307. The van der Waals surface area contributed by atoms with E-state index in [1.807, 2.05) is 6.92 Å². The Bertz CT molecular complexity index is 636. The highest BCUT2D eigenvalue weighted by molar-refractivity contribution is 7.89. The molecule has 1 unspecified atom stereocenters. The number of hydrogen-bond donors (Lipinski definition) is 2. The van der Waals surface area contributed by atoms with Gasteiger partial charge in [-0.3, -0.25) is 10.1 Å². The van der Waals surface area contributed by atoms with E-state index in [2.05, 4.69) is 10.0 Å². The van der Waals surface area contributed by atoms with Crippen LogP contribution in [0.5, 0.6) is 0 Å². The minimum atomic E-state index is -3.78. The van der Waals surface area contributed by atoms with Crippen LogP contribution in [-0.2, 0) is 10.0 Å². The van der Waals surface area contributed by atoms with Crippen molar-refractivity contribution in [3.63, 3.8) is 0 Å². The lowest BCUT2D eigenvalue weighted by molar-refractivity contribution is -0.385. The average Bonchev–Trinajstić information content (AvgIpc) is 2.74. The number of benzene rings is 1. The first-order chi connectivity index (χ1) is 9.23. The van der Waals surface area contributed by atoms with Crippen molar-refractivity contribution in [2.24, 2.45) is 0 Å². The van der Waals surface area contributed by atoms with Crippen LogP contribution in [0.4, 0.5) is 5.69 Å². The maximum Gasteiger partial charge on any atom is 0.270 e. The van der Waals surface area contributed by atoms with Crippen LogP contribution >= 0.6 is 0 Å². The molecule has 1 aromatic carbocycles. The second kappa shape index (κ2) is 5.12. The van der Waals surface area contributed by atoms with Crippen molar-refractivity contribution in [3.05, 3.63) is 33.9 Å². The normalized spacial score (nSPS) is 22.9. The molecule has 2 rings (SSSR count). The van der Waals surface area contributed by atoms with Gasteiger partial charge in [0.2, 0.25) is 10.0 Å². The average molecular weight is 299 g/mol. The molecule has 0 bridgehead atoms. The molecule has 0 aliphatic carbocycles. The van der Waals surface area contributed by atoms with Crippen LogP contribution in [0.15, 0.2) is 23.1 Å². The Hall–Kier alpha value is -1.51. The molecule has 0 saturated carbocycles. The van der Waals surface area contributed by atoms with Gasteiger partial charge in [0, 0.05) is 24.2 Å². The summed E-state index contributed by atoms with van der Waals surface area (Å²) in [5, 5.41) is 13.9. The van der Waals surface area contributed by atoms with Crippen LogP contribution in [0.3, 0.4) is 0 Å². The van der Waals surface area contributed by atoms with E-state index >= 15 is 0 Å². The third kappa shape index (κ3) is 2.97. The van der Waals surface area contributed by atoms with Gasteiger partial charge in [-0.2, -0.15) is 0 Å². The van der Waals surface area contributed by atoms with Crippen LogP contribution in [0.2, 0.25) is 0 Å². The third-order valence-corrected chi connectivity index (χ3v) is 5.20. The molecule has 1 aliphatic rings. The molecule has 8 heteroatoms. The fourth-order valence-electron chi connectivity index (χ4n) is 2.28. The van der Waals surface area contributed by atoms with E-state index in [9.17, 15) is 18.5 Å². The van der Waals surface area contributed by atoms with Gasteiger partial charge in [-0.05, 0) is 32.4 Å². The van der Waals surface area contributed by atoms with Gasteiger partial charge < -0.3 is 5.32 Å². The molecule has 2 N–H and O–H groups in total. The number of aryl methyl sites for hydroxylation is 1. The number of hydrogen-bond acceptors (Lipinski definition) is 5. The molecule has 1 aliphatic heterocycles. The van der Waals surface area contributed by atoms with E-state index in [1.54, 1.807) is 6.92 Å². The number of nitrogens with one attached hydrogen (secondary N) is 2. The van der Waals surface area contributed by atoms with Gasteiger partial charge in [0.1, 0.15) is 0 Å². The molecular weight excluding hydrogens is 282 g/mol. The topological polar surface area (TPSA) is 101 Å². The summed E-state index contributed by atoms with van der Waals surface area (Å²) in [6.45, 7) is 4.72. The predicted molar refractivity (Wildman–Crippen MR) is 74.0 cm³/mol. The quantitative estimate of drug-likeness (QED) is 0.636. The molecule has 0 aromatic heterocycles. The molecule has 0 radical (unpaired) electrons. The Labute approximate surface area is 117 Å². The zero-order valence-electron chi connectivity index (χ0n) is 11.3. The molecule has 1 aromatic rings. The molecule has 1 fully saturated rings. The molecule has 0 spiro atoms. The molecule has 1 saturated heterocycles. The predicted octanol–water partition coefficient (Wildman–Crippen LogP) is 0.934. The summed E-state index contributed by atoms with van der Waals surface area (Å²) in [7, 11) is -3.78. The zero-order valence-corrected chi connectivity index (χ0v) is 12.2. The van der Waals surface area contributed by atoms with Gasteiger partial charge in [-0.25, -0.2) is 13.1 Å². The monoisotopic (exact) mass is 299 g/mol. The van der Waals surface area contributed by atoms with Crippen molar-refractivity contribution < 1.29 is 13.3 Å². The smallest absolute Gasteiger partial charge is 0.270 e. The van der Waals surface area contributed by atoms with Gasteiger partial charge >= 0.3 is 0 Å². The third-order valence-electron chi connectivity index (χ3n) is 3.42. The SMILES string of the molecule is Cc1ccc([N+](=O)[O-])cc1S(=O)(=O)NC1(C)CCNC1. The van der Waals surface area contributed by atoms with E-state index in [4.69, 9.17) is 0 Å². The molecule has 20 heavy (non-hydrogen) atoms. The summed E-state index contributed by atoms with van der Waals surface area (Å²) >= 11 is 0. The summed E-state index contributed by atoms with van der Waals surface area (Å²) in [4.78, 5) is 10.1. The minimum Gasteiger partial charge on any atom is -0.315 e. The van der Waals surface area contributed by atoms with Gasteiger partial charge in [-0.15, -0.1) is 0 Å². The fourth-order valence-corrected chi connectivity index (χ4v) is 3.98. The van der Waals surface area contributed by atoms with Crippen molar-refractivity contribution in [2.75, 3.05) is 13.1 Å². The number of non-ortho nitro benzene ring substituents is 1. The van der Waals surface area contributed by atoms with Crippen molar-refractivity contribution in [2.45, 2.75) is 30.7 Å². The first-order valence-corrected chi connectivity index (χ1v) is 7.72. The highest BCUT2D eigenvalue weighted by Gasteiger charge is 2.34. The van der Waals surface area contributed by atoms with Gasteiger partial charge in [0.05, 0.1) is 9.82 Å². The highest BCUT2D eigenvalue weighted by atomic mass is 32.2. The van der Waals surface area contributed by atoms with Gasteiger partial charge in [0.25, 0.3) is 5.69 Å². The van der Waals surface area contributed by atoms with E-state index < -0.39 is 20.5 Å². The molecule has 110 valence electrons. The van der Waals surface area contributed by atoms with E-state index in [0.717, 1.165) is 12.6 Å². The largest absolute Gasteiger partial charge is 0.315 e. The number of nitro groups is 1. The number of nitrogens with zero attached hydrogens (tertiary/aromatic N) is 1. The lowest BCUT2D eigenvalue weighted by Crippen LogP contribution is -2.47. The summed E-state index contributed by atoms with van der Waals surface area (Å²) in [6, 6.07) is 3.85. The fraction of sp³-hybridized carbons (Fsp3) is 0.500. The van der Waals surface area contributed by atoms with Crippen LogP contribution in [0.1, 0.15) is 18.9 Å². The first kappa shape index (κ1) is 14.9. The van der Waals surface area contributed by atoms with Crippen molar-refractivity contribution in [1.82, 2.24) is 10.0 Å². The van der Waals surface area contributed by atoms with E-state index in [1.165, 1.54) is 12.1 Å². The maximum absolute atomic E-state index is 12.4. The second-order valence-electron chi connectivity index (χ2n) is 5.30. The van der Waals surface area contributed by atoms with E-state index in [0.29, 0.717) is 18.5 Å². The van der Waals surface area contributed by atoms with Crippen LogP contribution in [0.25, 0.3) is 0 Å². The molecule has 0 amide bonds. The Morgan fingerprint density at radius 3 is 2.70 bits per heavy atom. The standard InChI is InChI=1S/C12H17N3O4S/c1-9-3-4-10(15(16)17)7-11(9)20(18,19)14-12(2)5-6-13-8-12/h3-4,7,13-14H,5-6,8H2,1-2H3. The maximum atomic E-state index is 12.4. The number of rotatable bonds is 4. The summed E-state index contributed by atoms with van der Waals surface area (Å²) < 4.78 is 27.5. The van der Waals surface area contributed by atoms with Crippen LogP contribution in [0, 0.1) is 17.0 Å². The number of nitro benzene ring substituents is 1. The highest BCUT2D eigenvalue weighted by Crippen LogP contribution is 2.24. The van der Waals surface area contributed by atoms with Crippen molar-refractivity contribution in [1.29, 1.82) is 0 Å². The van der Waals surface area contributed by atoms with Gasteiger partial charge in [-0.1, -0.05) is 6.07 Å². The zero-order chi connectivity index (χ0) is 15.0. The van der Waals surface area contributed by atoms with Crippen LogP contribution in [-0.4, -0.2) is 32.0 Å². The van der Waals surface area contributed by atoms with Crippen molar-refractivity contribution in [3.8, 4) is 0 Å². The molecule has 1 atom stereocenters. The summed E-state index contributed by atoms with van der Waals surface area (Å²) in [5.74, 6) is 0. The Morgan fingerprint density at radius 1 is 1.45 bits per heavy atom. The Kier molecular flexibility index (Phi) is 3.81. The van der Waals surface area contributed by atoms with Crippen molar-refractivity contribution >= 4 is 15.7 Å². The first-order valence-electron chi connectivity index (χ1n) is 6.23. The lowest BCUT2D eigenvalue weighted by atomic mass is 10.0. The number of sulfonamides is 1. The minimum absolute atomic E-state index is 0.0418. The molecule has 1 heterocycles. The Balaban J connectivity index is 2.38. The van der Waals surface area contributed by atoms with Gasteiger partial charge in [0.15, 0.2) is 0 Å².